The van der Waals surface area contributed by atoms with Gasteiger partial charge in [-0.1, -0.05) is 63.3 Å². The number of aromatic amines is 1. The Balaban J connectivity index is 0.00000529. The maximum absolute atomic E-state index is 5.56. The second kappa shape index (κ2) is 16.6. The highest BCUT2D eigenvalue weighted by Gasteiger charge is 1.97. The fourth-order valence-corrected chi connectivity index (χ4v) is 2.63. The molecule has 4 heteroatoms. The van der Waals surface area contributed by atoms with Gasteiger partial charge in [0.1, 0.15) is 0 Å². The molecule has 0 spiro atoms. The summed E-state index contributed by atoms with van der Waals surface area (Å²) in [7, 11) is 0. The van der Waals surface area contributed by atoms with Crippen molar-refractivity contribution < 1.29 is 0 Å². The molecule has 0 aliphatic carbocycles. The largest absolute Gasteiger partial charge is 0.369 e. The number of nitrogens with two attached hydrogens (primary N) is 1. The van der Waals surface area contributed by atoms with E-state index in [1.54, 1.807) is 0 Å². The quantitative estimate of drug-likeness (QED) is 0.301. The molecule has 3 nitrogen and oxygen atoms in total. The number of H-pyrrole nitrogens is 1. The third-order valence-corrected chi connectivity index (χ3v) is 4.04. The van der Waals surface area contributed by atoms with Gasteiger partial charge < -0.3 is 10.7 Å². The summed E-state index contributed by atoms with van der Waals surface area (Å²) in [5.74, 6) is 0.530. The molecule has 138 valence electrons. The van der Waals surface area contributed by atoms with Crippen LogP contribution in [0.5, 0.6) is 0 Å². The molecule has 1 aromatic heterocycles. The standard InChI is InChI=1S/C20H35N3.ClH/c1-2-3-4-5-6-7-8-9-10-11-12-13-14-15-16-17-19-18-22-20(21)23-19;/h6-7,9-10,18H,2-5,8,11-17H2,1H3,(H3,21,22,23);1H/b7-6-,10-9-;. The molecule has 0 aliphatic rings. The second-order valence-electron chi connectivity index (χ2n) is 6.27. The number of rotatable bonds is 14. The average molecular weight is 354 g/mol. The molecule has 0 atom stereocenters. The Kier molecular flexibility index (Phi) is 15.8. The number of halogens is 1. The summed E-state index contributed by atoms with van der Waals surface area (Å²) in [6.45, 7) is 2.25. The molecule has 0 amide bonds. The van der Waals surface area contributed by atoms with Gasteiger partial charge in [-0.25, -0.2) is 4.98 Å². The van der Waals surface area contributed by atoms with Gasteiger partial charge in [0.2, 0.25) is 0 Å². The van der Waals surface area contributed by atoms with Crippen molar-refractivity contribution in [1.29, 1.82) is 0 Å². The van der Waals surface area contributed by atoms with Gasteiger partial charge >= 0.3 is 0 Å². The lowest BCUT2D eigenvalue weighted by Gasteiger charge is -1.99. The van der Waals surface area contributed by atoms with Gasteiger partial charge in [-0.3, -0.25) is 0 Å². The first-order valence-electron chi connectivity index (χ1n) is 9.42. The van der Waals surface area contributed by atoms with Gasteiger partial charge in [-0.2, -0.15) is 0 Å². The number of aromatic nitrogens is 2. The van der Waals surface area contributed by atoms with Crippen molar-refractivity contribution in [2.45, 2.75) is 84.0 Å². The summed E-state index contributed by atoms with van der Waals surface area (Å²) in [6, 6.07) is 0. The van der Waals surface area contributed by atoms with E-state index in [0.717, 1.165) is 18.5 Å². The molecular formula is C20H36ClN3. The molecule has 0 aliphatic heterocycles. The normalized spacial score (nSPS) is 11.4. The zero-order chi connectivity index (χ0) is 16.6. The van der Waals surface area contributed by atoms with E-state index in [1.165, 1.54) is 64.2 Å². The minimum Gasteiger partial charge on any atom is -0.369 e. The van der Waals surface area contributed by atoms with Gasteiger partial charge in [0.15, 0.2) is 5.95 Å². The molecule has 0 fully saturated rings. The summed E-state index contributed by atoms with van der Waals surface area (Å²) >= 11 is 0. The number of nitrogen functional groups attached to an aromatic ring is 1. The first kappa shape index (κ1) is 22.8. The molecule has 1 rings (SSSR count). The Hall–Kier alpha value is -1.22. The lowest BCUT2D eigenvalue weighted by Crippen LogP contribution is -1.89. The maximum Gasteiger partial charge on any atom is 0.197 e. The van der Waals surface area contributed by atoms with Crippen LogP contribution in [-0.2, 0) is 6.42 Å². The first-order valence-corrected chi connectivity index (χ1v) is 9.42. The van der Waals surface area contributed by atoms with E-state index in [2.05, 4.69) is 41.2 Å². The molecule has 0 unspecified atom stereocenters. The van der Waals surface area contributed by atoms with Crippen LogP contribution in [0.15, 0.2) is 30.5 Å². The Bertz CT molecular complexity index is 438. The predicted molar refractivity (Wildman–Crippen MR) is 109 cm³/mol. The predicted octanol–water partition coefficient (Wildman–Crippen LogP) is 6.38. The van der Waals surface area contributed by atoms with Crippen LogP contribution in [0.2, 0.25) is 0 Å². The van der Waals surface area contributed by atoms with Crippen LogP contribution in [0.3, 0.4) is 0 Å². The number of unbranched alkanes of at least 4 members (excludes halogenated alkanes) is 8. The van der Waals surface area contributed by atoms with Crippen molar-refractivity contribution in [2.24, 2.45) is 0 Å². The highest BCUT2D eigenvalue weighted by atomic mass is 35.5. The molecule has 0 radical (unpaired) electrons. The number of nitrogens with one attached hydrogen (secondary N) is 1. The average Bonchev–Trinajstić information content (AvgIpc) is 2.96. The Morgan fingerprint density at radius 1 is 0.917 bits per heavy atom. The molecule has 3 N–H and O–H groups in total. The van der Waals surface area contributed by atoms with Crippen LogP contribution in [0.1, 0.15) is 83.2 Å². The van der Waals surface area contributed by atoms with Gasteiger partial charge in [0.05, 0.1) is 6.20 Å². The third kappa shape index (κ3) is 13.2. The van der Waals surface area contributed by atoms with Gasteiger partial charge in [0, 0.05) is 5.69 Å². The molecule has 1 heterocycles. The van der Waals surface area contributed by atoms with Crippen LogP contribution in [0.4, 0.5) is 5.95 Å². The fraction of sp³-hybridized carbons (Fsp3) is 0.650. The van der Waals surface area contributed by atoms with E-state index in [0.29, 0.717) is 5.95 Å². The summed E-state index contributed by atoms with van der Waals surface area (Å²) in [5.41, 5.74) is 6.72. The molecule has 0 saturated heterocycles. The highest BCUT2D eigenvalue weighted by molar-refractivity contribution is 5.85. The minimum atomic E-state index is 0. The van der Waals surface area contributed by atoms with E-state index in [1.807, 2.05) is 6.20 Å². The number of hydrogen-bond acceptors (Lipinski definition) is 2. The topological polar surface area (TPSA) is 54.7 Å². The Morgan fingerprint density at radius 3 is 2.17 bits per heavy atom. The maximum atomic E-state index is 5.56. The Labute approximate surface area is 154 Å². The molecule has 0 saturated carbocycles. The number of hydrogen-bond donors (Lipinski definition) is 2. The van der Waals surface area contributed by atoms with Crippen LogP contribution in [0, 0.1) is 0 Å². The van der Waals surface area contributed by atoms with Crippen molar-refractivity contribution in [3.63, 3.8) is 0 Å². The van der Waals surface area contributed by atoms with Crippen molar-refractivity contribution in [2.75, 3.05) is 5.73 Å². The highest BCUT2D eigenvalue weighted by Crippen LogP contribution is 2.09. The minimum absolute atomic E-state index is 0. The van der Waals surface area contributed by atoms with Crippen molar-refractivity contribution in [3.05, 3.63) is 36.2 Å². The van der Waals surface area contributed by atoms with Crippen LogP contribution in [-0.4, -0.2) is 9.97 Å². The molecule has 1 aromatic rings. The number of aryl methyl sites for hydroxylation is 1. The lowest BCUT2D eigenvalue weighted by molar-refractivity contribution is 0.615. The van der Waals surface area contributed by atoms with E-state index < -0.39 is 0 Å². The summed E-state index contributed by atoms with van der Waals surface area (Å²) in [4.78, 5) is 7.09. The van der Waals surface area contributed by atoms with Gasteiger partial charge in [-0.05, 0) is 44.9 Å². The van der Waals surface area contributed by atoms with Crippen LogP contribution < -0.4 is 5.73 Å². The Morgan fingerprint density at radius 2 is 1.54 bits per heavy atom. The van der Waals surface area contributed by atoms with E-state index in [9.17, 15) is 0 Å². The van der Waals surface area contributed by atoms with Crippen LogP contribution >= 0.6 is 12.4 Å². The number of imidazole rings is 1. The molecular weight excluding hydrogens is 318 g/mol. The monoisotopic (exact) mass is 353 g/mol. The van der Waals surface area contributed by atoms with Crippen molar-refractivity contribution in [1.82, 2.24) is 9.97 Å². The van der Waals surface area contributed by atoms with Crippen molar-refractivity contribution >= 4 is 18.4 Å². The van der Waals surface area contributed by atoms with Gasteiger partial charge in [-0.15, -0.1) is 12.4 Å². The van der Waals surface area contributed by atoms with E-state index in [-0.39, 0.29) is 12.4 Å². The molecule has 0 bridgehead atoms. The zero-order valence-electron chi connectivity index (χ0n) is 15.3. The third-order valence-electron chi connectivity index (χ3n) is 4.04. The van der Waals surface area contributed by atoms with Gasteiger partial charge in [0.25, 0.3) is 0 Å². The summed E-state index contributed by atoms with van der Waals surface area (Å²) in [5, 5.41) is 0. The fourth-order valence-electron chi connectivity index (χ4n) is 2.63. The smallest absolute Gasteiger partial charge is 0.197 e. The number of anilines is 1. The first-order chi connectivity index (χ1) is 11.3. The van der Waals surface area contributed by atoms with Crippen molar-refractivity contribution in [3.8, 4) is 0 Å². The lowest BCUT2D eigenvalue weighted by atomic mass is 10.1. The SMILES string of the molecule is CCCCC/C=C\C/C=C\CCCCCCCc1cnc(N)[nH]1.Cl. The summed E-state index contributed by atoms with van der Waals surface area (Å²) in [6.07, 6.45) is 26.2. The number of nitrogens with zero attached hydrogens (tertiary/aromatic N) is 1. The molecule has 0 aromatic carbocycles. The van der Waals surface area contributed by atoms with E-state index in [4.69, 9.17) is 5.73 Å². The second-order valence-corrected chi connectivity index (χ2v) is 6.27. The summed E-state index contributed by atoms with van der Waals surface area (Å²) < 4.78 is 0. The van der Waals surface area contributed by atoms with Crippen LogP contribution in [0.25, 0.3) is 0 Å². The number of allylic oxidation sites excluding steroid dienone is 4. The molecule has 24 heavy (non-hydrogen) atoms. The zero-order valence-corrected chi connectivity index (χ0v) is 16.1. The van der Waals surface area contributed by atoms with E-state index >= 15 is 0 Å².